The number of aliphatic hydroxyl groups excluding tert-OH is 1. The first-order valence-corrected chi connectivity index (χ1v) is 10.2. The second-order valence-corrected chi connectivity index (χ2v) is 8.15. The van der Waals surface area contributed by atoms with Crippen LogP contribution in [0.2, 0.25) is 0 Å². The molecule has 1 amide bonds. The standard InChI is InChI=1S/C25H24N2O4/c1-14(2)17-9-11-18(12-10-17)22-21(23(28)19-7-5-15(3)6-8-19)24(29)25(30)27(22)20-13-16(4)31-26-20/h5-14,22,28H,1-4H3/b23-21+/t22-/m1/s1. The molecule has 6 heteroatoms. The second-order valence-electron chi connectivity index (χ2n) is 8.15. The fraction of sp³-hybridized carbons (Fsp3) is 0.240. The average molecular weight is 416 g/mol. The normalized spacial score (nSPS) is 18.2. The highest BCUT2D eigenvalue weighted by atomic mass is 16.5. The van der Waals surface area contributed by atoms with Crippen LogP contribution in [0.1, 0.15) is 53.8 Å². The van der Waals surface area contributed by atoms with Crippen molar-refractivity contribution in [1.29, 1.82) is 0 Å². The van der Waals surface area contributed by atoms with Crippen molar-refractivity contribution in [1.82, 2.24) is 5.16 Å². The highest BCUT2D eigenvalue weighted by Crippen LogP contribution is 2.42. The van der Waals surface area contributed by atoms with Crippen molar-refractivity contribution in [3.05, 3.63) is 88.2 Å². The zero-order valence-electron chi connectivity index (χ0n) is 17.9. The Morgan fingerprint density at radius 2 is 1.68 bits per heavy atom. The molecule has 1 N–H and O–H groups in total. The van der Waals surface area contributed by atoms with E-state index in [-0.39, 0.29) is 17.2 Å². The molecule has 1 aromatic heterocycles. The molecule has 0 aliphatic carbocycles. The molecule has 31 heavy (non-hydrogen) atoms. The third kappa shape index (κ3) is 3.65. The molecule has 1 fully saturated rings. The Kier molecular flexibility index (Phi) is 5.23. The number of hydrogen-bond acceptors (Lipinski definition) is 5. The minimum absolute atomic E-state index is 0.0341. The SMILES string of the molecule is Cc1ccc(/C(O)=C2\C(=O)C(=O)N(c3cc(C)on3)[C@@H]2c2ccc(C(C)C)cc2)cc1. The number of rotatable bonds is 4. The topological polar surface area (TPSA) is 83.6 Å². The summed E-state index contributed by atoms with van der Waals surface area (Å²) in [7, 11) is 0. The minimum Gasteiger partial charge on any atom is -0.507 e. The Bertz CT molecular complexity index is 1170. The van der Waals surface area contributed by atoms with Crippen LogP contribution in [0.4, 0.5) is 5.82 Å². The van der Waals surface area contributed by atoms with Gasteiger partial charge in [0.25, 0.3) is 5.78 Å². The molecule has 1 saturated heterocycles. The van der Waals surface area contributed by atoms with E-state index in [4.69, 9.17) is 4.52 Å². The number of hydrogen-bond donors (Lipinski definition) is 1. The summed E-state index contributed by atoms with van der Waals surface area (Å²) in [6, 6.07) is 15.7. The maximum atomic E-state index is 13.1. The molecular weight excluding hydrogens is 392 g/mol. The third-order valence-corrected chi connectivity index (χ3v) is 5.55. The van der Waals surface area contributed by atoms with Gasteiger partial charge in [-0.1, -0.05) is 73.1 Å². The van der Waals surface area contributed by atoms with Gasteiger partial charge in [-0.15, -0.1) is 0 Å². The lowest BCUT2D eigenvalue weighted by atomic mass is 9.93. The van der Waals surface area contributed by atoms with Crippen LogP contribution in [0.5, 0.6) is 0 Å². The number of amides is 1. The Morgan fingerprint density at radius 1 is 1.03 bits per heavy atom. The summed E-state index contributed by atoms with van der Waals surface area (Å²) < 4.78 is 5.16. The van der Waals surface area contributed by atoms with Crippen molar-refractivity contribution in [3.63, 3.8) is 0 Å². The van der Waals surface area contributed by atoms with Gasteiger partial charge >= 0.3 is 5.91 Å². The summed E-state index contributed by atoms with van der Waals surface area (Å²) in [5.41, 5.74) is 3.38. The monoisotopic (exact) mass is 416 g/mol. The number of aliphatic hydroxyl groups is 1. The van der Waals surface area contributed by atoms with Crippen LogP contribution in [-0.4, -0.2) is 22.0 Å². The van der Waals surface area contributed by atoms with E-state index < -0.39 is 17.7 Å². The molecule has 0 spiro atoms. The molecule has 0 bridgehead atoms. The Labute approximate surface area is 180 Å². The molecule has 6 nitrogen and oxygen atoms in total. The largest absolute Gasteiger partial charge is 0.507 e. The number of Topliss-reactive ketones (excluding diaryl/α,β-unsaturated/α-hetero) is 1. The predicted molar refractivity (Wildman–Crippen MR) is 118 cm³/mol. The zero-order chi connectivity index (χ0) is 22.3. The first-order valence-electron chi connectivity index (χ1n) is 10.2. The van der Waals surface area contributed by atoms with Gasteiger partial charge < -0.3 is 9.63 Å². The van der Waals surface area contributed by atoms with Crippen molar-refractivity contribution < 1.29 is 19.2 Å². The van der Waals surface area contributed by atoms with E-state index in [2.05, 4.69) is 19.0 Å². The number of benzene rings is 2. The number of ketones is 1. The summed E-state index contributed by atoms with van der Waals surface area (Å²) >= 11 is 0. The zero-order valence-corrected chi connectivity index (χ0v) is 17.9. The molecule has 0 saturated carbocycles. The predicted octanol–water partition coefficient (Wildman–Crippen LogP) is 5.04. The quantitative estimate of drug-likeness (QED) is 0.366. The van der Waals surface area contributed by atoms with Crippen LogP contribution in [0.25, 0.3) is 5.76 Å². The molecule has 4 rings (SSSR count). The number of carbonyl (C=O) groups is 2. The van der Waals surface area contributed by atoms with E-state index in [0.717, 1.165) is 11.1 Å². The lowest BCUT2D eigenvalue weighted by molar-refractivity contribution is -0.132. The molecule has 1 aliphatic heterocycles. The van der Waals surface area contributed by atoms with Gasteiger partial charge in [-0.3, -0.25) is 14.5 Å². The summed E-state index contributed by atoms with van der Waals surface area (Å²) in [6.45, 7) is 7.84. The molecule has 1 aliphatic rings. The van der Waals surface area contributed by atoms with Gasteiger partial charge in [0.15, 0.2) is 5.82 Å². The molecule has 1 atom stereocenters. The average Bonchev–Trinajstić information content (AvgIpc) is 3.29. The fourth-order valence-electron chi connectivity index (χ4n) is 3.78. The molecule has 2 aromatic carbocycles. The molecule has 158 valence electrons. The summed E-state index contributed by atoms with van der Waals surface area (Å²) in [5, 5.41) is 15.0. The number of carbonyl (C=O) groups excluding carboxylic acids is 2. The number of nitrogens with zero attached hydrogens (tertiary/aromatic N) is 2. The molecule has 0 unspecified atom stereocenters. The van der Waals surface area contributed by atoms with E-state index in [1.54, 1.807) is 25.1 Å². The maximum Gasteiger partial charge on any atom is 0.301 e. The van der Waals surface area contributed by atoms with Crippen LogP contribution in [-0.2, 0) is 9.59 Å². The van der Waals surface area contributed by atoms with Gasteiger partial charge in [0.05, 0.1) is 11.6 Å². The molecular formula is C25H24N2O4. The van der Waals surface area contributed by atoms with Gasteiger partial charge in [-0.2, -0.15) is 0 Å². The highest BCUT2D eigenvalue weighted by molar-refractivity contribution is 6.51. The van der Waals surface area contributed by atoms with E-state index in [0.29, 0.717) is 22.8 Å². The van der Waals surface area contributed by atoms with E-state index in [1.807, 2.05) is 43.3 Å². The number of aromatic nitrogens is 1. The van der Waals surface area contributed by atoms with Crippen molar-refractivity contribution in [2.45, 2.75) is 39.7 Å². The van der Waals surface area contributed by atoms with Gasteiger partial charge in [-0.05, 0) is 30.9 Å². The molecule has 2 heterocycles. The summed E-state index contributed by atoms with van der Waals surface area (Å²) in [4.78, 5) is 27.4. The van der Waals surface area contributed by atoms with Crippen molar-refractivity contribution in [2.75, 3.05) is 4.90 Å². The first kappa shape index (κ1) is 20.6. The van der Waals surface area contributed by atoms with Gasteiger partial charge in [0, 0.05) is 11.6 Å². The highest BCUT2D eigenvalue weighted by Gasteiger charge is 2.48. The lowest BCUT2D eigenvalue weighted by Gasteiger charge is -2.23. The smallest absolute Gasteiger partial charge is 0.301 e. The first-order chi connectivity index (χ1) is 14.8. The minimum atomic E-state index is -0.813. The van der Waals surface area contributed by atoms with Crippen molar-refractivity contribution in [3.8, 4) is 0 Å². The summed E-state index contributed by atoms with van der Waals surface area (Å²) in [6.07, 6.45) is 0. The Hall–Kier alpha value is -3.67. The summed E-state index contributed by atoms with van der Waals surface area (Å²) in [5.74, 6) is -0.619. The lowest BCUT2D eigenvalue weighted by Crippen LogP contribution is -2.29. The van der Waals surface area contributed by atoms with E-state index in [9.17, 15) is 14.7 Å². The molecule has 3 aromatic rings. The van der Waals surface area contributed by atoms with Crippen LogP contribution >= 0.6 is 0 Å². The van der Waals surface area contributed by atoms with Crippen LogP contribution in [0.3, 0.4) is 0 Å². The number of aryl methyl sites for hydroxylation is 2. The van der Waals surface area contributed by atoms with Gasteiger partial charge in [-0.25, -0.2) is 0 Å². The maximum absolute atomic E-state index is 13.1. The third-order valence-electron chi connectivity index (χ3n) is 5.55. The number of anilines is 1. The van der Waals surface area contributed by atoms with Crippen molar-refractivity contribution >= 4 is 23.3 Å². The second kappa shape index (κ2) is 7.87. The van der Waals surface area contributed by atoms with E-state index >= 15 is 0 Å². The van der Waals surface area contributed by atoms with Crippen LogP contribution < -0.4 is 4.90 Å². The van der Waals surface area contributed by atoms with E-state index in [1.165, 1.54) is 4.90 Å². The van der Waals surface area contributed by atoms with Crippen LogP contribution in [0, 0.1) is 13.8 Å². The van der Waals surface area contributed by atoms with Crippen molar-refractivity contribution in [2.24, 2.45) is 0 Å². The fourth-order valence-corrected chi connectivity index (χ4v) is 3.78. The van der Waals surface area contributed by atoms with Gasteiger partial charge in [0.2, 0.25) is 0 Å². The van der Waals surface area contributed by atoms with Crippen LogP contribution in [0.15, 0.2) is 64.7 Å². The Morgan fingerprint density at radius 3 is 2.23 bits per heavy atom. The Balaban J connectivity index is 1.91. The molecule has 0 radical (unpaired) electrons. The van der Waals surface area contributed by atoms with Gasteiger partial charge in [0.1, 0.15) is 11.5 Å².